The third-order valence-electron chi connectivity index (χ3n) is 9.61. The molecule has 0 radical (unpaired) electrons. The van der Waals surface area contributed by atoms with E-state index >= 15 is 0 Å². The molecule has 3 fully saturated rings. The van der Waals surface area contributed by atoms with Crippen LogP contribution in [0.25, 0.3) is 0 Å². The fourth-order valence-corrected chi connectivity index (χ4v) is 7.90. The SMILES string of the molecule is CC(=O)OC1CC[C@H]2[C@@H]3CCC4=CC(=O)C(C(O)(C(F)(F)F)C(F)(F)F)C[C@]4(C)[C@H]3CC[C@]12C. The lowest BCUT2D eigenvalue weighted by Crippen LogP contribution is -2.65. The molecule has 0 aromatic carbocycles. The van der Waals surface area contributed by atoms with Crippen molar-refractivity contribution in [3.8, 4) is 0 Å². The summed E-state index contributed by atoms with van der Waals surface area (Å²) in [6.45, 7) is 5.06. The van der Waals surface area contributed by atoms with Gasteiger partial charge < -0.3 is 9.84 Å². The third-order valence-corrected chi connectivity index (χ3v) is 9.61. The van der Waals surface area contributed by atoms with E-state index in [9.17, 15) is 41.0 Å². The minimum Gasteiger partial charge on any atom is -0.462 e. The van der Waals surface area contributed by atoms with Crippen molar-refractivity contribution in [1.82, 2.24) is 0 Å². The molecule has 3 saturated carbocycles. The van der Waals surface area contributed by atoms with Gasteiger partial charge in [0.25, 0.3) is 5.60 Å². The summed E-state index contributed by atoms with van der Waals surface area (Å²) in [5, 5.41) is 10.0. The molecule has 10 heteroatoms. The Labute approximate surface area is 194 Å². The number of fused-ring (bicyclic) bond motifs is 5. The molecule has 0 spiro atoms. The second-order valence-electron chi connectivity index (χ2n) is 11.1. The summed E-state index contributed by atoms with van der Waals surface area (Å²) in [6.07, 6.45) is -8.41. The molecular formula is C24H30F6O4. The highest BCUT2D eigenvalue weighted by Gasteiger charge is 2.76. The van der Waals surface area contributed by atoms with E-state index in [0.717, 1.165) is 12.5 Å². The van der Waals surface area contributed by atoms with Gasteiger partial charge in [-0.05, 0) is 74.2 Å². The van der Waals surface area contributed by atoms with Crippen LogP contribution in [0.4, 0.5) is 26.3 Å². The number of carbonyl (C=O) groups is 2. The molecule has 7 atom stereocenters. The average Bonchev–Trinajstić information content (AvgIpc) is 3.01. The van der Waals surface area contributed by atoms with Crippen molar-refractivity contribution in [3.05, 3.63) is 11.6 Å². The van der Waals surface area contributed by atoms with Crippen LogP contribution in [-0.4, -0.2) is 40.9 Å². The van der Waals surface area contributed by atoms with Gasteiger partial charge in [-0.2, -0.15) is 26.3 Å². The summed E-state index contributed by atoms with van der Waals surface area (Å²) in [7, 11) is 0. The molecule has 1 N–H and O–H groups in total. The van der Waals surface area contributed by atoms with Gasteiger partial charge in [0.15, 0.2) is 5.78 Å². The second kappa shape index (κ2) is 7.71. The molecular weight excluding hydrogens is 466 g/mol. The predicted molar refractivity (Wildman–Crippen MR) is 108 cm³/mol. The van der Waals surface area contributed by atoms with Crippen molar-refractivity contribution in [3.63, 3.8) is 0 Å². The number of alkyl halides is 6. The van der Waals surface area contributed by atoms with E-state index in [0.29, 0.717) is 37.7 Å². The number of esters is 1. The number of halogens is 6. The van der Waals surface area contributed by atoms with Crippen molar-refractivity contribution < 1.29 is 45.8 Å². The number of ketones is 1. The molecule has 4 nitrogen and oxygen atoms in total. The number of hydrogen-bond donors (Lipinski definition) is 1. The first-order chi connectivity index (χ1) is 15.5. The largest absolute Gasteiger partial charge is 0.462 e. The summed E-state index contributed by atoms with van der Waals surface area (Å²) in [5.41, 5.74) is -5.88. The van der Waals surface area contributed by atoms with Crippen molar-refractivity contribution >= 4 is 11.8 Å². The van der Waals surface area contributed by atoms with Crippen LogP contribution < -0.4 is 0 Å². The van der Waals surface area contributed by atoms with Crippen molar-refractivity contribution in [2.45, 2.75) is 89.8 Å². The molecule has 0 aromatic rings. The van der Waals surface area contributed by atoms with Crippen LogP contribution in [0, 0.1) is 34.5 Å². The minimum absolute atomic E-state index is 0.0279. The Morgan fingerprint density at radius 1 is 1.03 bits per heavy atom. The van der Waals surface area contributed by atoms with Gasteiger partial charge in [-0.15, -0.1) is 0 Å². The van der Waals surface area contributed by atoms with Crippen LogP contribution in [-0.2, 0) is 14.3 Å². The number of rotatable bonds is 2. The Morgan fingerprint density at radius 3 is 2.21 bits per heavy atom. The van der Waals surface area contributed by atoms with Crippen LogP contribution in [0.1, 0.15) is 65.7 Å². The van der Waals surface area contributed by atoms with E-state index in [-0.39, 0.29) is 35.2 Å². The Balaban J connectivity index is 1.70. The van der Waals surface area contributed by atoms with E-state index in [1.807, 2.05) is 0 Å². The normalized spacial score (nSPS) is 40.7. The van der Waals surface area contributed by atoms with E-state index in [2.05, 4.69) is 6.92 Å². The van der Waals surface area contributed by atoms with E-state index in [1.54, 1.807) is 6.92 Å². The fraction of sp³-hybridized carbons (Fsp3) is 0.833. The summed E-state index contributed by atoms with van der Waals surface area (Å²) in [6, 6.07) is 0. The maximum atomic E-state index is 13.6. The Bertz CT molecular complexity index is 894. The van der Waals surface area contributed by atoms with Crippen LogP contribution in [0.2, 0.25) is 0 Å². The highest BCUT2D eigenvalue weighted by Crippen LogP contribution is 2.67. The van der Waals surface area contributed by atoms with Crippen LogP contribution in [0.15, 0.2) is 11.6 Å². The predicted octanol–water partition coefficient (Wildman–Crippen LogP) is 5.53. The van der Waals surface area contributed by atoms with Crippen LogP contribution in [0.5, 0.6) is 0 Å². The lowest BCUT2D eigenvalue weighted by atomic mass is 9.46. The highest BCUT2D eigenvalue weighted by molar-refractivity contribution is 5.95. The topological polar surface area (TPSA) is 63.6 Å². The first-order valence-electron chi connectivity index (χ1n) is 11.7. The molecule has 0 bridgehead atoms. The van der Waals surface area contributed by atoms with Crippen molar-refractivity contribution in [1.29, 1.82) is 0 Å². The van der Waals surface area contributed by atoms with Crippen molar-refractivity contribution in [2.24, 2.45) is 34.5 Å². The van der Waals surface area contributed by atoms with Gasteiger partial charge in [-0.3, -0.25) is 9.59 Å². The smallest absolute Gasteiger partial charge is 0.427 e. The molecule has 2 unspecified atom stereocenters. The summed E-state index contributed by atoms with van der Waals surface area (Å²) < 4.78 is 87.3. The zero-order valence-corrected chi connectivity index (χ0v) is 19.4. The van der Waals surface area contributed by atoms with Gasteiger partial charge in [0, 0.05) is 12.3 Å². The molecule has 192 valence electrons. The molecule has 0 aliphatic heterocycles. The maximum Gasteiger partial charge on any atom is 0.427 e. The number of allylic oxidation sites excluding steroid dienone is 1. The molecule has 0 aromatic heterocycles. The zero-order chi connectivity index (χ0) is 25.5. The van der Waals surface area contributed by atoms with E-state index in [4.69, 9.17) is 4.74 Å². The fourth-order valence-electron chi connectivity index (χ4n) is 7.90. The summed E-state index contributed by atoms with van der Waals surface area (Å²) in [5.74, 6) is -4.41. The first kappa shape index (κ1) is 25.5. The van der Waals surface area contributed by atoms with Gasteiger partial charge >= 0.3 is 18.3 Å². The third kappa shape index (κ3) is 3.45. The first-order valence-corrected chi connectivity index (χ1v) is 11.7. The second-order valence-corrected chi connectivity index (χ2v) is 11.1. The number of ether oxygens (including phenoxy) is 1. The molecule has 4 aliphatic rings. The van der Waals surface area contributed by atoms with Crippen LogP contribution >= 0.6 is 0 Å². The minimum atomic E-state index is -6.05. The number of hydrogen-bond acceptors (Lipinski definition) is 4. The Kier molecular flexibility index (Phi) is 5.78. The lowest BCUT2D eigenvalue weighted by Gasteiger charge is -2.59. The van der Waals surface area contributed by atoms with Gasteiger partial charge in [-0.25, -0.2) is 0 Å². The van der Waals surface area contributed by atoms with Gasteiger partial charge in [-0.1, -0.05) is 19.4 Å². The van der Waals surface area contributed by atoms with Gasteiger partial charge in [0.05, 0.1) is 5.92 Å². The lowest BCUT2D eigenvalue weighted by molar-refractivity contribution is -0.382. The molecule has 34 heavy (non-hydrogen) atoms. The van der Waals surface area contributed by atoms with Gasteiger partial charge in [0.1, 0.15) is 6.10 Å². The quantitative estimate of drug-likeness (QED) is 0.403. The van der Waals surface area contributed by atoms with Gasteiger partial charge in [0.2, 0.25) is 0 Å². The molecule has 4 aliphatic carbocycles. The van der Waals surface area contributed by atoms with Crippen molar-refractivity contribution in [2.75, 3.05) is 0 Å². The number of aliphatic hydroxyl groups is 1. The average molecular weight is 496 g/mol. The van der Waals surface area contributed by atoms with Crippen LogP contribution in [0.3, 0.4) is 0 Å². The van der Waals surface area contributed by atoms with E-state index in [1.165, 1.54) is 6.92 Å². The maximum absolute atomic E-state index is 13.6. The summed E-state index contributed by atoms with van der Waals surface area (Å²) >= 11 is 0. The summed E-state index contributed by atoms with van der Waals surface area (Å²) in [4.78, 5) is 24.2. The molecule has 4 rings (SSSR count). The Morgan fingerprint density at radius 2 is 1.65 bits per heavy atom. The number of carbonyl (C=O) groups excluding carboxylic acids is 2. The molecule has 0 amide bonds. The standard InChI is InChI=1S/C24H30F6O4/c1-12(31)34-19-7-6-15-14-5-4-13-10-18(32)17(22(33,23(25,26)27)24(28,29)30)11-21(13,3)16(14)8-9-20(15,19)2/h10,14-17,19,33H,4-9,11H2,1-3H3/t14-,15-,16-,17?,19?,20-,21-/m0/s1. The Hall–Kier alpha value is -1.58. The monoisotopic (exact) mass is 496 g/mol. The zero-order valence-electron chi connectivity index (χ0n) is 19.4. The molecule has 0 heterocycles. The molecule has 0 saturated heterocycles. The highest BCUT2D eigenvalue weighted by atomic mass is 19.4. The van der Waals surface area contributed by atoms with E-state index < -0.39 is 41.5 Å².